The van der Waals surface area contributed by atoms with Crippen molar-refractivity contribution < 1.29 is 0 Å². The monoisotopic (exact) mass is 306 g/mol. The normalized spacial score (nSPS) is 20.2. The number of piperazine rings is 1. The fourth-order valence-corrected chi connectivity index (χ4v) is 2.53. The highest BCUT2D eigenvalue weighted by Crippen LogP contribution is 2.11. The molecule has 0 aliphatic carbocycles. The lowest BCUT2D eigenvalue weighted by Gasteiger charge is -2.32. The van der Waals surface area contributed by atoms with Crippen molar-refractivity contribution >= 4 is 15.9 Å². The second kappa shape index (κ2) is 6.94. The molecule has 1 unspecified atom stereocenters. The molecule has 0 bridgehead atoms. The van der Waals surface area contributed by atoms with Gasteiger partial charge in [-0.1, -0.05) is 39.9 Å². The third-order valence-corrected chi connectivity index (χ3v) is 3.72. The highest BCUT2D eigenvalue weighted by molar-refractivity contribution is 9.10. The number of benzene rings is 1. The van der Waals surface area contributed by atoms with E-state index in [1.807, 2.05) is 6.07 Å². The minimum absolute atomic E-state index is 0.596. The Bertz CT molecular complexity index is 447. The van der Waals surface area contributed by atoms with Gasteiger partial charge in [0.2, 0.25) is 0 Å². The number of nitrogens with zero attached hydrogens (tertiary/aromatic N) is 1. The van der Waals surface area contributed by atoms with Crippen molar-refractivity contribution in [3.63, 3.8) is 0 Å². The van der Waals surface area contributed by atoms with Gasteiger partial charge in [0.1, 0.15) is 0 Å². The number of nitrogens with one attached hydrogen (secondary N) is 1. The fourth-order valence-electron chi connectivity index (χ4n) is 2.09. The molecule has 0 amide bonds. The van der Waals surface area contributed by atoms with Gasteiger partial charge in [0.15, 0.2) is 0 Å². The molecule has 1 atom stereocenters. The Hall–Kier alpha value is -0.820. The van der Waals surface area contributed by atoms with Crippen molar-refractivity contribution in [2.24, 2.45) is 0 Å². The van der Waals surface area contributed by atoms with Crippen LogP contribution < -0.4 is 5.32 Å². The SMILES string of the molecule is CC1CNCCN1CC#CCc1cccc(Br)c1. The summed E-state index contributed by atoms with van der Waals surface area (Å²) in [7, 11) is 0. The van der Waals surface area contributed by atoms with Crippen LogP contribution in [0.1, 0.15) is 12.5 Å². The lowest BCUT2D eigenvalue weighted by atomic mass is 10.1. The highest BCUT2D eigenvalue weighted by atomic mass is 79.9. The van der Waals surface area contributed by atoms with Crippen LogP contribution in [0.3, 0.4) is 0 Å². The molecule has 96 valence electrons. The predicted molar refractivity (Wildman–Crippen MR) is 79.5 cm³/mol. The van der Waals surface area contributed by atoms with Crippen LogP contribution in [-0.2, 0) is 6.42 Å². The Morgan fingerprint density at radius 2 is 2.33 bits per heavy atom. The molecule has 3 heteroatoms. The van der Waals surface area contributed by atoms with Crippen molar-refractivity contribution in [1.29, 1.82) is 0 Å². The second-order valence-corrected chi connectivity index (χ2v) is 5.60. The van der Waals surface area contributed by atoms with Gasteiger partial charge in [0, 0.05) is 36.6 Å². The Morgan fingerprint density at radius 3 is 3.11 bits per heavy atom. The average molecular weight is 307 g/mol. The minimum atomic E-state index is 0.596. The van der Waals surface area contributed by atoms with Crippen molar-refractivity contribution in [3.05, 3.63) is 34.3 Å². The van der Waals surface area contributed by atoms with Crippen LogP contribution in [0.25, 0.3) is 0 Å². The largest absolute Gasteiger partial charge is 0.314 e. The summed E-state index contributed by atoms with van der Waals surface area (Å²) in [5.74, 6) is 6.55. The van der Waals surface area contributed by atoms with E-state index in [9.17, 15) is 0 Å². The molecule has 1 aromatic carbocycles. The molecule has 2 rings (SSSR count). The Kier molecular flexibility index (Phi) is 5.25. The lowest BCUT2D eigenvalue weighted by Crippen LogP contribution is -2.49. The fraction of sp³-hybridized carbons (Fsp3) is 0.467. The molecule has 1 aliphatic rings. The lowest BCUT2D eigenvalue weighted by molar-refractivity contribution is 0.196. The summed E-state index contributed by atoms with van der Waals surface area (Å²) < 4.78 is 1.12. The Labute approximate surface area is 118 Å². The quantitative estimate of drug-likeness (QED) is 0.844. The van der Waals surface area contributed by atoms with Gasteiger partial charge in [0.05, 0.1) is 6.54 Å². The topological polar surface area (TPSA) is 15.3 Å². The van der Waals surface area contributed by atoms with Gasteiger partial charge >= 0.3 is 0 Å². The molecule has 1 fully saturated rings. The zero-order chi connectivity index (χ0) is 12.8. The Morgan fingerprint density at radius 1 is 1.44 bits per heavy atom. The zero-order valence-corrected chi connectivity index (χ0v) is 12.3. The van der Waals surface area contributed by atoms with E-state index in [1.54, 1.807) is 0 Å². The summed E-state index contributed by atoms with van der Waals surface area (Å²) in [4.78, 5) is 2.43. The maximum atomic E-state index is 3.48. The van der Waals surface area contributed by atoms with E-state index in [0.29, 0.717) is 6.04 Å². The van der Waals surface area contributed by atoms with Crippen LogP contribution in [0.15, 0.2) is 28.7 Å². The van der Waals surface area contributed by atoms with Gasteiger partial charge in [-0.25, -0.2) is 0 Å². The number of hydrogen-bond acceptors (Lipinski definition) is 2. The van der Waals surface area contributed by atoms with Crippen molar-refractivity contribution in [3.8, 4) is 11.8 Å². The second-order valence-electron chi connectivity index (χ2n) is 4.68. The summed E-state index contributed by atoms with van der Waals surface area (Å²) in [6.45, 7) is 6.40. The van der Waals surface area contributed by atoms with E-state index in [0.717, 1.165) is 37.1 Å². The molecule has 1 aromatic rings. The summed E-state index contributed by atoms with van der Waals surface area (Å²) in [6.07, 6.45) is 0.833. The number of rotatable bonds is 2. The average Bonchev–Trinajstić information content (AvgIpc) is 2.37. The minimum Gasteiger partial charge on any atom is -0.314 e. The summed E-state index contributed by atoms with van der Waals surface area (Å²) in [5, 5.41) is 3.39. The first-order valence-corrected chi connectivity index (χ1v) is 7.20. The maximum absolute atomic E-state index is 3.48. The first kappa shape index (κ1) is 13.6. The molecule has 1 saturated heterocycles. The molecule has 1 aliphatic heterocycles. The summed E-state index contributed by atoms with van der Waals surface area (Å²) in [5.41, 5.74) is 1.27. The molecule has 18 heavy (non-hydrogen) atoms. The molecule has 0 aromatic heterocycles. The first-order chi connectivity index (χ1) is 8.75. The smallest absolute Gasteiger partial charge is 0.0604 e. The van der Waals surface area contributed by atoms with Crippen molar-refractivity contribution in [2.45, 2.75) is 19.4 Å². The van der Waals surface area contributed by atoms with Gasteiger partial charge in [-0.15, -0.1) is 0 Å². The molecule has 0 spiro atoms. The third-order valence-electron chi connectivity index (χ3n) is 3.23. The van der Waals surface area contributed by atoms with Gasteiger partial charge in [-0.2, -0.15) is 0 Å². The predicted octanol–water partition coefficient (Wildman–Crippen LogP) is 2.29. The van der Waals surface area contributed by atoms with E-state index in [1.165, 1.54) is 5.56 Å². The molecule has 2 nitrogen and oxygen atoms in total. The summed E-state index contributed by atoms with van der Waals surface area (Å²) in [6, 6.07) is 8.94. The standard InChI is InChI=1S/C15H19BrN2/c1-13-12-17-8-10-18(13)9-3-2-5-14-6-4-7-15(16)11-14/h4,6-7,11,13,17H,5,8-10,12H2,1H3. The Balaban J connectivity index is 1.82. The van der Waals surface area contributed by atoms with E-state index < -0.39 is 0 Å². The molecular formula is C15H19BrN2. The van der Waals surface area contributed by atoms with Crippen LogP contribution >= 0.6 is 15.9 Å². The van der Waals surface area contributed by atoms with Crippen molar-refractivity contribution in [1.82, 2.24) is 10.2 Å². The zero-order valence-electron chi connectivity index (χ0n) is 10.7. The first-order valence-electron chi connectivity index (χ1n) is 6.40. The van der Waals surface area contributed by atoms with Crippen LogP contribution in [0.5, 0.6) is 0 Å². The third kappa shape index (κ3) is 4.13. The maximum Gasteiger partial charge on any atom is 0.0604 e. The van der Waals surface area contributed by atoms with Gasteiger partial charge in [0.25, 0.3) is 0 Å². The van der Waals surface area contributed by atoms with Crippen molar-refractivity contribution in [2.75, 3.05) is 26.2 Å². The number of halogens is 1. The molecule has 0 saturated carbocycles. The van der Waals surface area contributed by atoms with Crippen LogP contribution in [0.2, 0.25) is 0 Å². The van der Waals surface area contributed by atoms with Gasteiger partial charge in [-0.3, -0.25) is 4.90 Å². The number of hydrogen-bond donors (Lipinski definition) is 1. The van der Waals surface area contributed by atoms with E-state index >= 15 is 0 Å². The van der Waals surface area contributed by atoms with E-state index in [4.69, 9.17) is 0 Å². The summed E-state index contributed by atoms with van der Waals surface area (Å²) >= 11 is 3.48. The van der Waals surface area contributed by atoms with Gasteiger partial charge < -0.3 is 5.32 Å². The van der Waals surface area contributed by atoms with Crippen LogP contribution in [0, 0.1) is 11.8 Å². The molecule has 1 heterocycles. The van der Waals surface area contributed by atoms with E-state index in [2.05, 4.69) is 63.1 Å². The van der Waals surface area contributed by atoms with Crippen LogP contribution in [-0.4, -0.2) is 37.1 Å². The van der Waals surface area contributed by atoms with Crippen LogP contribution in [0.4, 0.5) is 0 Å². The molecule has 0 radical (unpaired) electrons. The molecular weight excluding hydrogens is 288 g/mol. The molecule has 1 N–H and O–H groups in total. The van der Waals surface area contributed by atoms with Gasteiger partial charge in [-0.05, 0) is 24.6 Å². The highest BCUT2D eigenvalue weighted by Gasteiger charge is 2.15. The van der Waals surface area contributed by atoms with E-state index in [-0.39, 0.29) is 0 Å².